The van der Waals surface area contributed by atoms with Crippen molar-refractivity contribution in [1.29, 1.82) is 0 Å². The molecule has 0 aromatic heterocycles. The second-order valence-electron chi connectivity index (χ2n) is 5.07. The first-order valence-corrected chi connectivity index (χ1v) is 7.34. The molecule has 0 aliphatic carbocycles. The highest BCUT2D eigenvalue weighted by Gasteiger charge is 2.35. The van der Waals surface area contributed by atoms with Crippen molar-refractivity contribution in [1.82, 2.24) is 0 Å². The lowest BCUT2D eigenvalue weighted by atomic mass is 10.1. The van der Waals surface area contributed by atoms with Gasteiger partial charge in [-0.3, -0.25) is 9.59 Å². The number of nitrogens with zero attached hydrogens (tertiary/aromatic N) is 1. The summed E-state index contributed by atoms with van der Waals surface area (Å²) >= 11 is 3.40. The normalized spacial score (nSPS) is 19.2. The first kappa shape index (κ1) is 14.8. The summed E-state index contributed by atoms with van der Waals surface area (Å²) in [5, 5.41) is 0. The molecule has 0 saturated heterocycles. The largest absolute Gasteiger partial charge is 0.477 e. The summed E-state index contributed by atoms with van der Waals surface area (Å²) in [6.45, 7) is 4.05. The third-order valence-electron chi connectivity index (χ3n) is 3.18. The number of alkyl halides is 1. The third-order valence-corrected chi connectivity index (χ3v) is 4.63. The summed E-state index contributed by atoms with van der Waals surface area (Å²) in [5.74, 6) is -0.0288. The Balaban J connectivity index is 2.36. The van der Waals surface area contributed by atoms with Crippen molar-refractivity contribution in [3.8, 4) is 5.75 Å². The number of amides is 2. The Hall–Kier alpha value is -1.56. The van der Waals surface area contributed by atoms with Gasteiger partial charge in [0.25, 0.3) is 5.91 Å². The number of fused-ring (bicyclic) bond motifs is 1. The van der Waals surface area contributed by atoms with E-state index in [0.29, 0.717) is 11.4 Å². The van der Waals surface area contributed by atoms with Gasteiger partial charge in [-0.05, 0) is 18.1 Å². The summed E-state index contributed by atoms with van der Waals surface area (Å²) in [6, 6.07) is 7.14. The van der Waals surface area contributed by atoms with Crippen LogP contribution in [0.1, 0.15) is 13.8 Å². The molecule has 1 heterocycles. The minimum atomic E-state index is -0.819. The maximum Gasteiger partial charge on any atom is 0.260 e. The lowest BCUT2D eigenvalue weighted by molar-refractivity contribution is -0.125. The van der Waals surface area contributed by atoms with Gasteiger partial charge in [0.1, 0.15) is 5.75 Å². The number of anilines is 1. The number of primary amides is 1. The highest BCUT2D eigenvalue weighted by molar-refractivity contribution is 9.10. The van der Waals surface area contributed by atoms with Crippen LogP contribution >= 0.6 is 15.9 Å². The SMILES string of the molecule is CC(C)C(Br)C(=O)N1CC(C(N)=O)Oc2ccccc21. The molecule has 2 atom stereocenters. The molecule has 6 heteroatoms. The fourth-order valence-corrected chi connectivity index (χ4v) is 2.27. The van der Waals surface area contributed by atoms with E-state index in [2.05, 4.69) is 15.9 Å². The lowest BCUT2D eigenvalue weighted by Crippen LogP contribution is -2.51. The van der Waals surface area contributed by atoms with Crippen LogP contribution in [0.4, 0.5) is 5.69 Å². The zero-order chi connectivity index (χ0) is 14.9. The smallest absolute Gasteiger partial charge is 0.260 e. The molecule has 2 amide bonds. The van der Waals surface area contributed by atoms with E-state index in [0.717, 1.165) is 0 Å². The molecule has 1 aromatic rings. The summed E-state index contributed by atoms with van der Waals surface area (Å²) in [7, 11) is 0. The Morgan fingerprint density at radius 2 is 2.05 bits per heavy atom. The van der Waals surface area contributed by atoms with Gasteiger partial charge in [0, 0.05) is 0 Å². The first-order chi connectivity index (χ1) is 9.41. The Kier molecular flexibility index (Phi) is 4.32. The molecule has 1 aromatic carbocycles. The van der Waals surface area contributed by atoms with Crippen molar-refractivity contribution >= 4 is 33.4 Å². The van der Waals surface area contributed by atoms with Crippen LogP contribution in [-0.2, 0) is 9.59 Å². The number of hydrogen-bond donors (Lipinski definition) is 1. The topological polar surface area (TPSA) is 72.6 Å². The summed E-state index contributed by atoms with van der Waals surface area (Å²) < 4.78 is 5.53. The number of hydrogen-bond acceptors (Lipinski definition) is 3. The van der Waals surface area contributed by atoms with E-state index in [-0.39, 0.29) is 23.2 Å². The molecule has 5 nitrogen and oxygen atoms in total. The van der Waals surface area contributed by atoms with Crippen LogP contribution < -0.4 is 15.4 Å². The van der Waals surface area contributed by atoms with Crippen molar-refractivity contribution in [2.75, 3.05) is 11.4 Å². The highest BCUT2D eigenvalue weighted by atomic mass is 79.9. The van der Waals surface area contributed by atoms with Gasteiger partial charge < -0.3 is 15.4 Å². The third kappa shape index (κ3) is 2.80. The van der Waals surface area contributed by atoms with Crippen LogP contribution in [-0.4, -0.2) is 29.3 Å². The van der Waals surface area contributed by atoms with Crippen LogP contribution in [0.3, 0.4) is 0 Å². The average Bonchev–Trinajstić information content (AvgIpc) is 2.44. The zero-order valence-electron chi connectivity index (χ0n) is 11.4. The van der Waals surface area contributed by atoms with Crippen LogP contribution in [0.5, 0.6) is 5.75 Å². The second-order valence-corrected chi connectivity index (χ2v) is 6.06. The minimum Gasteiger partial charge on any atom is -0.477 e. The molecule has 0 saturated carbocycles. The summed E-state index contributed by atoms with van der Waals surface area (Å²) in [4.78, 5) is 25.2. The van der Waals surface area contributed by atoms with Gasteiger partial charge in [0.15, 0.2) is 6.10 Å². The first-order valence-electron chi connectivity index (χ1n) is 6.42. The molecule has 0 fully saturated rings. The fourth-order valence-electron chi connectivity index (χ4n) is 2.03. The number of carbonyl (C=O) groups excluding carboxylic acids is 2. The van der Waals surface area contributed by atoms with E-state index in [1.165, 1.54) is 0 Å². The number of para-hydroxylation sites is 2. The van der Waals surface area contributed by atoms with Crippen molar-refractivity contribution in [2.24, 2.45) is 11.7 Å². The quantitative estimate of drug-likeness (QED) is 0.851. The standard InChI is InChI=1S/C14H17BrN2O3/c1-8(2)12(15)14(19)17-7-11(13(16)18)20-10-6-4-3-5-9(10)17/h3-6,8,11-12H,7H2,1-2H3,(H2,16,18). The number of nitrogens with two attached hydrogens (primary N) is 1. The number of halogens is 1. The summed E-state index contributed by atoms with van der Waals surface area (Å²) in [5.41, 5.74) is 5.98. The van der Waals surface area contributed by atoms with Crippen molar-refractivity contribution in [2.45, 2.75) is 24.8 Å². The molecule has 108 valence electrons. The zero-order valence-corrected chi connectivity index (χ0v) is 13.0. The molecule has 1 aliphatic heterocycles. The number of ether oxygens (including phenoxy) is 1. The number of carbonyl (C=O) groups is 2. The Bertz CT molecular complexity index is 533. The Morgan fingerprint density at radius 1 is 1.40 bits per heavy atom. The van der Waals surface area contributed by atoms with E-state index in [4.69, 9.17) is 10.5 Å². The van der Waals surface area contributed by atoms with E-state index >= 15 is 0 Å². The van der Waals surface area contributed by atoms with Crippen molar-refractivity contribution in [3.05, 3.63) is 24.3 Å². The van der Waals surface area contributed by atoms with E-state index < -0.39 is 12.0 Å². The van der Waals surface area contributed by atoms with Gasteiger partial charge in [0.2, 0.25) is 5.91 Å². The second kappa shape index (κ2) is 5.83. The maximum absolute atomic E-state index is 12.5. The molecule has 2 rings (SSSR count). The van der Waals surface area contributed by atoms with Crippen LogP contribution in [0.2, 0.25) is 0 Å². The molecule has 0 spiro atoms. The number of rotatable bonds is 3. The predicted octanol–water partition coefficient (Wildman–Crippen LogP) is 1.69. The molecule has 2 N–H and O–H groups in total. The van der Waals surface area contributed by atoms with Crippen molar-refractivity contribution < 1.29 is 14.3 Å². The van der Waals surface area contributed by atoms with Gasteiger partial charge in [-0.2, -0.15) is 0 Å². The van der Waals surface area contributed by atoms with E-state index in [1.807, 2.05) is 19.9 Å². The van der Waals surface area contributed by atoms with Gasteiger partial charge in [-0.1, -0.05) is 41.9 Å². The minimum absolute atomic E-state index is 0.0954. The highest BCUT2D eigenvalue weighted by Crippen LogP contribution is 2.34. The molecular weight excluding hydrogens is 324 g/mol. The van der Waals surface area contributed by atoms with Gasteiger partial charge in [-0.25, -0.2) is 0 Å². The average molecular weight is 341 g/mol. The monoisotopic (exact) mass is 340 g/mol. The van der Waals surface area contributed by atoms with Crippen LogP contribution in [0.25, 0.3) is 0 Å². The van der Waals surface area contributed by atoms with E-state index in [9.17, 15) is 9.59 Å². The number of benzene rings is 1. The molecule has 2 unspecified atom stereocenters. The van der Waals surface area contributed by atoms with Gasteiger partial charge in [-0.15, -0.1) is 0 Å². The van der Waals surface area contributed by atoms with Crippen LogP contribution in [0, 0.1) is 5.92 Å². The maximum atomic E-state index is 12.5. The fraction of sp³-hybridized carbons (Fsp3) is 0.429. The molecule has 1 aliphatic rings. The van der Waals surface area contributed by atoms with Crippen molar-refractivity contribution in [3.63, 3.8) is 0 Å². The molecule has 20 heavy (non-hydrogen) atoms. The molecule has 0 bridgehead atoms. The molecular formula is C14H17BrN2O3. The van der Waals surface area contributed by atoms with Gasteiger partial charge >= 0.3 is 0 Å². The lowest BCUT2D eigenvalue weighted by Gasteiger charge is -2.35. The van der Waals surface area contributed by atoms with Gasteiger partial charge in [0.05, 0.1) is 17.1 Å². The Morgan fingerprint density at radius 3 is 2.65 bits per heavy atom. The molecule has 0 radical (unpaired) electrons. The van der Waals surface area contributed by atoms with E-state index in [1.54, 1.807) is 23.1 Å². The Labute approximate surface area is 126 Å². The summed E-state index contributed by atoms with van der Waals surface area (Å²) in [6.07, 6.45) is -0.819. The predicted molar refractivity (Wildman–Crippen MR) is 80.0 cm³/mol. The van der Waals surface area contributed by atoms with Crippen LogP contribution in [0.15, 0.2) is 24.3 Å².